The van der Waals surface area contributed by atoms with Gasteiger partial charge in [-0.25, -0.2) is 13.8 Å². The Morgan fingerprint density at radius 2 is 2.10 bits per heavy atom. The fourth-order valence-corrected chi connectivity index (χ4v) is 3.40. The first-order chi connectivity index (χ1) is 14.9. The summed E-state index contributed by atoms with van der Waals surface area (Å²) < 4.78 is 29.7. The molecule has 10 heteroatoms. The summed E-state index contributed by atoms with van der Waals surface area (Å²) >= 11 is 0. The summed E-state index contributed by atoms with van der Waals surface area (Å²) in [6.07, 6.45) is 6.60. The van der Waals surface area contributed by atoms with Gasteiger partial charge in [-0.3, -0.25) is 24.1 Å². The van der Waals surface area contributed by atoms with Gasteiger partial charge in [0.15, 0.2) is 0 Å². The first-order valence-electron chi connectivity index (χ1n) is 9.76. The van der Waals surface area contributed by atoms with Crippen LogP contribution in [-0.4, -0.2) is 51.7 Å². The number of carbonyl (C=O) groups excluding carboxylic acids is 2. The maximum Gasteiger partial charge on any atom is 0.250 e. The van der Waals surface area contributed by atoms with Crippen molar-refractivity contribution < 1.29 is 18.4 Å². The summed E-state index contributed by atoms with van der Waals surface area (Å²) in [7, 11) is 0. The number of hydrogen-bond donors (Lipinski definition) is 2. The van der Waals surface area contributed by atoms with Crippen LogP contribution in [0.3, 0.4) is 0 Å². The second-order valence-corrected chi connectivity index (χ2v) is 7.26. The molecule has 0 unspecified atom stereocenters. The van der Waals surface area contributed by atoms with Crippen LogP contribution in [0.4, 0.5) is 8.78 Å². The minimum Gasteiger partial charge on any atom is -0.358 e. The fourth-order valence-electron chi connectivity index (χ4n) is 3.40. The molecule has 0 radical (unpaired) electrons. The molecule has 4 heterocycles. The summed E-state index contributed by atoms with van der Waals surface area (Å²) in [5.41, 5.74) is 2.81. The number of aryl methyl sites for hydroxylation is 1. The van der Waals surface area contributed by atoms with E-state index in [0.29, 0.717) is 29.0 Å². The van der Waals surface area contributed by atoms with E-state index in [9.17, 15) is 18.4 Å². The van der Waals surface area contributed by atoms with Crippen molar-refractivity contribution in [2.24, 2.45) is 4.99 Å². The highest BCUT2D eigenvalue weighted by atomic mass is 19.3. The van der Waals surface area contributed by atoms with E-state index >= 15 is 0 Å². The Kier molecular flexibility index (Phi) is 5.70. The van der Waals surface area contributed by atoms with Crippen LogP contribution >= 0.6 is 0 Å². The molecule has 0 saturated carbocycles. The highest BCUT2D eigenvalue weighted by Gasteiger charge is 2.27. The van der Waals surface area contributed by atoms with Gasteiger partial charge in [0.1, 0.15) is 18.0 Å². The van der Waals surface area contributed by atoms with Gasteiger partial charge in [0.2, 0.25) is 18.2 Å². The van der Waals surface area contributed by atoms with Crippen LogP contribution < -0.4 is 10.6 Å². The van der Waals surface area contributed by atoms with Crippen molar-refractivity contribution in [2.45, 2.75) is 25.2 Å². The molecule has 3 aromatic heterocycles. The Bertz CT molecular complexity index is 1160. The third-order valence-corrected chi connectivity index (χ3v) is 4.99. The maximum atomic E-state index is 13.9. The number of nitrogens with zero attached hydrogens (tertiary/aromatic N) is 4. The summed E-state index contributed by atoms with van der Waals surface area (Å²) in [5, 5.41) is 5.77. The molecule has 2 N–H and O–H groups in total. The molecule has 0 aromatic carbocycles. The SMILES string of the molecule is O=CNCCC(F)(F)CCc1cnc2c(ccn2-c2cncc(C3=NCC(=O)N3)c2)c1. The smallest absolute Gasteiger partial charge is 0.250 e. The lowest BCUT2D eigenvalue weighted by molar-refractivity contribution is -0.117. The van der Waals surface area contributed by atoms with E-state index in [1.54, 1.807) is 18.6 Å². The Hall–Kier alpha value is -3.69. The number of fused-ring (bicyclic) bond motifs is 1. The zero-order valence-electron chi connectivity index (χ0n) is 16.5. The van der Waals surface area contributed by atoms with Gasteiger partial charge in [0.05, 0.1) is 11.9 Å². The van der Waals surface area contributed by atoms with E-state index < -0.39 is 12.3 Å². The molecular formula is C21H20F2N6O2. The van der Waals surface area contributed by atoms with Gasteiger partial charge in [-0.1, -0.05) is 0 Å². The number of aromatic nitrogens is 3. The zero-order chi connectivity index (χ0) is 21.8. The van der Waals surface area contributed by atoms with Gasteiger partial charge in [0.25, 0.3) is 0 Å². The molecule has 3 aromatic rings. The molecule has 0 aliphatic carbocycles. The molecule has 31 heavy (non-hydrogen) atoms. The van der Waals surface area contributed by atoms with E-state index in [1.165, 1.54) is 0 Å². The molecule has 4 rings (SSSR count). The molecule has 0 atom stereocenters. The third kappa shape index (κ3) is 4.73. The predicted molar refractivity (Wildman–Crippen MR) is 110 cm³/mol. The molecule has 2 amide bonds. The molecule has 1 aliphatic rings. The lowest BCUT2D eigenvalue weighted by atomic mass is 10.0. The lowest BCUT2D eigenvalue weighted by Gasteiger charge is -2.15. The number of amides is 2. The minimum absolute atomic E-state index is 0.0557. The van der Waals surface area contributed by atoms with Crippen LogP contribution in [-0.2, 0) is 16.0 Å². The summed E-state index contributed by atoms with van der Waals surface area (Å²) in [4.78, 5) is 34.5. The van der Waals surface area contributed by atoms with Crippen LogP contribution in [0.2, 0.25) is 0 Å². The largest absolute Gasteiger partial charge is 0.358 e. The van der Waals surface area contributed by atoms with E-state index in [2.05, 4.69) is 25.6 Å². The normalized spacial score (nSPS) is 13.9. The van der Waals surface area contributed by atoms with Gasteiger partial charge < -0.3 is 10.6 Å². The van der Waals surface area contributed by atoms with Crippen molar-refractivity contribution in [3.8, 4) is 5.69 Å². The standard InChI is InChI=1S/C21H20F2N6O2/c22-21(23,4-5-24-13-30)3-1-14-7-15-2-6-29(20(15)27-9-14)17-8-16(10-25-11-17)19-26-12-18(31)28-19/h2,6-11,13H,1,3-5,12H2,(H,24,30)(H,26,28,31). The van der Waals surface area contributed by atoms with Crippen LogP contribution in [0, 0.1) is 0 Å². The number of rotatable bonds is 9. The average Bonchev–Trinajstić information content (AvgIpc) is 3.38. The van der Waals surface area contributed by atoms with Gasteiger partial charge in [-0.05, 0) is 30.2 Å². The fraction of sp³-hybridized carbons (Fsp3) is 0.286. The average molecular weight is 426 g/mol. The zero-order valence-corrected chi connectivity index (χ0v) is 16.5. The monoisotopic (exact) mass is 426 g/mol. The van der Waals surface area contributed by atoms with Crippen molar-refractivity contribution in [3.05, 3.63) is 54.1 Å². The van der Waals surface area contributed by atoms with Gasteiger partial charge in [-0.15, -0.1) is 0 Å². The molecule has 160 valence electrons. The molecule has 0 spiro atoms. The van der Waals surface area contributed by atoms with Gasteiger partial charge in [-0.2, -0.15) is 0 Å². The molecule has 0 saturated heterocycles. The Balaban J connectivity index is 1.51. The van der Waals surface area contributed by atoms with E-state index in [-0.39, 0.29) is 31.8 Å². The van der Waals surface area contributed by atoms with E-state index in [0.717, 1.165) is 11.1 Å². The summed E-state index contributed by atoms with van der Waals surface area (Å²) in [6.45, 7) is 0.0445. The lowest BCUT2D eigenvalue weighted by Crippen LogP contribution is -2.25. The van der Waals surface area contributed by atoms with Crippen LogP contribution in [0.5, 0.6) is 0 Å². The minimum atomic E-state index is -2.86. The van der Waals surface area contributed by atoms with Crippen LogP contribution in [0.1, 0.15) is 24.0 Å². The molecule has 0 fully saturated rings. The highest BCUT2D eigenvalue weighted by Crippen LogP contribution is 2.26. The van der Waals surface area contributed by atoms with E-state index in [1.807, 2.05) is 29.0 Å². The Morgan fingerprint density at radius 1 is 1.23 bits per heavy atom. The number of amidine groups is 1. The quantitative estimate of drug-likeness (QED) is 0.404. The molecule has 1 aliphatic heterocycles. The van der Waals surface area contributed by atoms with Crippen molar-refractivity contribution in [1.29, 1.82) is 0 Å². The number of nitrogens with one attached hydrogen (secondary N) is 2. The topological polar surface area (TPSA) is 101 Å². The second kappa shape index (κ2) is 8.58. The summed E-state index contributed by atoms with van der Waals surface area (Å²) in [5.74, 6) is -2.54. The first-order valence-corrected chi connectivity index (χ1v) is 9.76. The number of pyridine rings is 2. The van der Waals surface area contributed by atoms with Crippen molar-refractivity contribution in [1.82, 2.24) is 25.2 Å². The predicted octanol–water partition coefficient (Wildman–Crippen LogP) is 2.00. The van der Waals surface area contributed by atoms with Crippen LogP contribution in [0.15, 0.2) is 48.0 Å². The van der Waals surface area contributed by atoms with Crippen molar-refractivity contribution in [3.63, 3.8) is 0 Å². The number of hydrogen-bond acceptors (Lipinski definition) is 5. The number of alkyl halides is 2. The number of halogens is 2. The molecule has 0 bridgehead atoms. The Morgan fingerprint density at radius 3 is 2.87 bits per heavy atom. The van der Waals surface area contributed by atoms with Gasteiger partial charge >= 0.3 is 0 Å². The van der Waals surface area contributed by atoms with Crippen LogP contribution in [0.25, 0.3) is 16.7 Å². The maximum absolute atomic E-state index is 13.9. The first kappa shape index (κ1) is 20.6. The molecular weight excluding hydrogens is 406 g/mol. The third-order valence-electron chi connectivity index (χ3n) is 4.99. The highest BCUT2D eigenvalue weighted by molar-refractivity contribution is 6.12. The van der Waals surface area contributed by atoms with Crippen molar-refractivity contribution in [2.75, 3.05) is 13.1 Å². The second-order valence-electron chi connectivity index (χ2n) is 7.26. The Labute approximate surface area is 176 Å². The van der Waals surface area contributed by atoms with E-state index in [4.69, 9.17) is 0 Å². The van der Waals surface area contributed by atoms with Crippen molar-refractivity contribution >= 4 is 29.2 Å². The summed E-state index contributed by atoms with van der Waals surface area (Å²) in [6, 6.07) is 5.55. The van der Waals surface area contributed by atoms with Gasteiger partial charge in [0, 0.05) is 48.9 Å². The number of carbonyl (C=O) groups is 2. The molecule has 8 nitrogen and oxygen atoms in total. The number of aliphatic imine (C=N–C) groups is 1.